The van der Waals surface area contributed by atoms with Crippen molar-refractivity contribution in [2.45, 2.75) is 37.8 Å². The van der Waals surface area contributed by atoms with Crippen molar-refractivity contribution >= 4 is 18.3 Å². The smallest absolute Gasteiger partial charge is 0.226 e. The third kappa shape index (κ3) is 3.90. The van der Waals surface area contributed by atoms with E-state index in [0.717, 1.165) is 32.4 Å². The number of amides is 1. The van der Waals surface area contributed by atoms with Crippen LogP contribution in [0.15, 0.2) is 24.3 Å². The number of fused-ring (bicyclic) bond motifs is 2. The summed E-state index contributed by atoms with van der Waals surface area (Å²) in [6.45, 7) is 2.24. The number of ether oxygens (including phenoxy) is 1. The Kier molecular flexibility index (Phi) is 6.03. The fourth-order valence-corrected chi connectivity index (χ4v) is 3.31. The molecule has 0 aliphatic carbocycles. The monoisotopic (exact) mass is 328 g/mol. The maximum Gasteiger partial charge on any atom is 0.226 e. The van der Waals surface area contributed by atoms with Crippen LogP contribution < -0.4 is 10.1 Å². The van der Waals surface area contributed by atoms with E-state index in [0.29, 0.717) is 30.9 Å². The lowest BCUT2D eigenvalue weighted by Crippen LogP contribution is -2.42. The van der Waals surface area contributed by atoms with E-state index in [1.165, 1.54) is 12.1 Å². The molecule has 1 aromatic rings. The Morgan fingerprint density at radius 3 is 2.73 bits per heavy atom. The predicted molar refractivity (Wildman–Crippen MR) is 84.9 cm³/mol. The highest BCUT2D eigenvalue weighted by atomic mass is 35.5. The summed E-state index contributed by atoms with van der Waals surface area (Å²) in [6.07, 6.45) is 3.64. The van der Waals surface area contributed by atoms with Crippen LogP contribution >= 0.6 is 12.4 Å². The predicted octanol–water partition coefficient (Wildman–Crippen LogP) is 2.37. The van der Waals surface area contributed by atoms with E-state index in [-0.39, 0.29) is 24.1 Å². The number of benzene rings is 1. The van der Waals surface area contributed by atoms with Crippen LogP contribution in [0, 0.1) is 5.82 Å². The molecule has 2 atom stereocenters. The van der Waals surface area contributed by atoms with Gasteiger partial charge in [-0.2, -0.15) is 0 Å². The van der Waals surface area contributed by atoms with Crippen LogP contribution in [-0.2, 0) is 4.79 Å². The molecule has 2 fully saturated rings. The summed E-state index contributed by atoms with van der Waals surface area (Å²) in [5, 5.41) is 3.39. The minimum Gasteiger partial charge on any atom is -0.493 e. The molecule has 4 nitrogen and oxygen atoms in total. The number of carbonyl (C=O) groups excluding carboxylic acids is 1. The lowest BCUT2D eigenvalue weighted by Gasteiger charge is -2.28. The van der Waals surface area contributed by atoms with Crippen LogP contribution in [0.2, 0.25) is 0 Å². The normalized spacial score (nSPS) is 23.6. The molecular formula is C16H22ClFN2O2. The van der Waals surface area contributed by atoms with Crippen LogP contribution in [0.25, 0.3) is 0 Å². The molecule has 3 rings (SSSR count). The Hall–Kier alpha value is -1.33. The van der Waals surface area contributed by atoms with Crippen LogP contribution in [0.5, 0.6) is 5.75 Å². The molecule has 1 aromatic carbocycles. The van der Waals surface area contributed by atoms with Crippen molar-refractivity contribution in [2.24, 2.45) is 0 Å². The summed E-state index contributed by atoms with van der Waals surface area (Å²) in [6, 6.07) is 6.62. The highest BCUT2D eigenvalue weighted by molar-refractivity contribution is 5.85. The van der Waals surface area contributed by atoms with Gasteiger partial charge in [0.05, 0.1) is 13.0 Å². The first-order valence-corrected chi connectivity index (χ1v) is 7.64. The second-order valence-electron chi connectivity index (χ2n) is 5.73. The van der Waals surface area contributed by atoms with Crippen molar-refractivity contribution in [3.63, 3.8) is 0 Å². The van der Waals surface area contributed by atoms with E-state index in [4.69, 9.17) is 4.74 Å². The summed E-state index contributed by atoms with van der Waals surface area (Å²) in [7, 11) is 0. The third-order valence-corrected chi connectivity index (χ3v) is 4.34. The van der Waals surface area contributed by atoms with Crippen molar-refractivity contribution in [1.29, 1.82) is 0 Å². The van der Waals surface area contributed by atoms with Gasteiger partial charge in [-0.1, -0.05) is 0 Å². The molecule has 22 heavy (non-hydrogen) atoms. The Labute approximate surface area is 136 Å². The Bertz CT molecular complexity index is 483. The number of hydrogen-bond acceptors (Lipinski definition) is 3. The summed E-state index contributed by atoms with van der Waals surface area (Å²) in [4.78, 5) is 14.5. The SMILES string of the molecule is Cl.O=C(CCOc1ccc(F)cc1)N1C2CCNCC1CC2. The van der Waals surface area contributed by atoms with Gasteiger partial charge in [-0.05, 0) is 50.1 Å². The van der Waals surface area contributed by atoms with Gasteiger partial charge in [0.15, 0.2) is 0 Å². The van der Waals surface area contributed by atoms with Crippen LogP contribution in [0.4, 0.5) is 4.39 Å². The Morgan fingerprint density at radius 2 is 1.95 bits per heavy atom. The summed E-state index contributed by atoms with van der Waals surface area (Å²) in [5.41, 5.74) is 0. The van der Waals surface area contributed by atoms with Crippen molar-refractivity contribution in [3.05, 3.63) is 30.1 Å². The van der Waals surface area contributed by atoms with E-state index in [9.17, 15) is 9.18 Å². The van der Waals surface area contributed by atoms with Crippen molar-refractivity contribution in [2.75, 3.05) is 19.7 Å². The van der Waals surface area contributed by atoms with Crippen molar-refractivity contribution in [1.82, 2.24) is 10.2 Å². The number of nitrogens with one attached hydrogen (secondary N) is 1. The molecule has 122 valence electrons. The lowest BCUT2D eigenvalue weighted by molar-refractivity contribution is -0.134. The van der Waals surface area contributed by atoms with Crippen LogP contribution in [0.3, 0.4) is 0 Å². The first kappa shape index (κ1) is 17.0. The van der Waals surface area contributed by atoms with Crippen molar-refractivity contribution in [3.8, 4) is 5.75 Å². The molecule has 1 N–H and O–H groups in total. The van der Waals surface area contributed by atoms with Gasteiger partial charge in [0.25, 0.3) is 0 Å². The lowest BCUT2D eigenvalue weighted by atomic mass is 10.1. The average molecular weight is 329 g/mol. The molecular weight excluding hydrogens is 307 g/mol. The second kappa shape index (κ2) is 7.79. The zero-order chi connectivity index (χ0) is 14.7. The number of hydrogen-bond donors (Lipinski definition) is 1. The molecule has 1 amide bonds. The fourth-order valence-electron chi connectivity index (χ4n) is 3.31. The van der Waals surface area contributed by atoms with E-state index in [1.807, 2.05) is 0 Å². The molecule has 0 saturated carbocycles. The van der Waals surface area contributed by atoms with Gasteiger partial charge in [0, 0.05) is 18.6 Å². The van der Waals surface area contributed by atoms with E-state index >= 15 is 0 Å². The second-order valence-corrected chi connectivity index (χ2v) is 5.73. The topological polar surface area (TPSA) is 41.6 Å². The van der Waals surface area contributed by atoms with Gasteiger partial charge in [-0.25, -0.2) is 4.39 Å². The van der Waals surface area contributed by atoms with Gasteiger partial charge in [0.2, 0.25) is 5.91 Å². The molecule has 2 aliphatic rings. The van der Waals surface area contributed by atoms with Crippen LogP contribution in [-0.4, -0.2) is 42.6 Å². The van der Waals surface area contributed by atoms with Gasteiger partial charge >= 0.3 is 0 Å². The maximum atomic E-state index is 12.8. The van der Waals surface area contributed by atoms with E-state index < -0.39 is 0 Å². The Morgan fingerprint density at radius 1 is 1.23 bits per heavy atom. The minimum atomic E-state index is -0.285. The molecule has 6 heteroatoms. The highest BCUT2D eigenvalue weighted by Gasteiger charge is 2.37. The molecule has 2 aliphatic heterocycles. The zero-order valence-corrected chi connectivity index (χ0v) is 13.3. The molecule has 0 radical (unpaired) electrons. The Balaban J connectivity index is 0.00000176. The maximum absolute atomic E-state index is 12.8. The number of carbonyl (C=O) groups is 1. The van der Waals surface area contributed by atoms with E-state index in [1.54, 1.807) is 12.1 Å². The molecule has 0 spiro atoms. The molecule has 2 bridgehead atoms. The average Bonchev–Trinajstić information content (AvgIpc) is 2.74. The largest absolute Gasteiger partial charge is 0.493 e. The number of halogens is 2. The molecule has 2 unspecified atom stereocenters. The summed E-state index contributed by atoms with van der Waals surface area (Å²) < 4.78 is 18.3. The molecule has 2 heterocycles. The van der Waals surface area contributed by atoms with Crippen molar-refractivity contribution < 1.29 is 13.9 Å². The standard InChI is InChI=1S/C16H21FN2O2.ClH/c17-12-1-5-15(6-2-12)21-10-8-16(20)19-13-3-4-14(19)11-18-9-7-13;/h1-2,5-6,13-14,18H,3-4,7-11H2;1H. The zero-order valence-electron chi connectivity index (χ0n) is 12.5. The quantitative estimate of drug-likeness (QED) is 0.922. The first-order chi connectivity index (χ1) is 10.2. The number of nitrogens with zero attached hydrogens (tertiary/aromatic N) is 1. The van der Waals surface area contributed by atoms with Gasteiger partial charge in [-0.15, -0.1) is 12.4 Å². The number of rotatable bonds is 4. The van der Waals surface area contributed by atoms with Gasteiger partial charge in [0.1, 0.15) is 11.6 Å². The first-order valence-electron chi connectivity index (χ1n) is 7.64. The summed E-state index contributed by atoms with van der Waals surface area (Å²) >= 11 is 0. The minimum absolute atomic E-state index is 0. The molecule has 0 aromatic heterocycles. The van der Waals surface area contributed by atoms with E-state index in [2.05, 4.69) is 10.2 Å². The highest BCUT2D eigenvalue weighted by Crippen LogP contribution is 2.28. The van der Waals surface area contributed by atoms with Crippen LogP contribution in [0.1, 0.15) is 25.7 Å². The fraction of sp³-hybridized carbons (Fsp3) is 0.562. The third-order valence-electron chi connectivity index (χ3n) is 4.34. The summed E-state index contributed by atoms with van der Waals surface area (Å²) in [5.74, 6) is 0.491. The van der Waals surface area contributed by atoms with Gasteiger partial charge in [-0.3, -0.25) is 4.79 Å². The van der Waals surface area contributed by atoms with Gasteiger partial charge < -0.3 is 15.0 Å². The molecule has 2 saturated heterocycles.